The molecule has 1 aliphatic carbocycles. The molecule has 1 saturated carbocycles. The molecule has 2 heteroatoms. The molecule has 2 nitrogen and oxygen atoms in total. The minimum absolute atomic E-state index is 0.0972. The van der Waals surface area contributed by atoms with Crippen LogP contribution in [-0.4, -0.2) is 17.8 Å². The van der Waals surface area contributed by atoms with Crippen LogP contribution in [0, 0.1) is 5.92 Å². The van der Waals surface area contributed by atoms with Crippen LogP contribution in [-0.2, 0) is 6.54 Å². The molecule has 0 aliphatic heterocycles. The van der Waals surface area contributed by atoms with E-state index in [1.165, 1.54) is 22.8 Å². The third kappa shape index (κ3) is 2.80. The van der Waals surface area contributed by atoms with E-state index >= 15 is 0 Å². The van der Waals surface area contributed by atoms with Crippen LogP contribution in [0.5, 0.6) is 0 Å². The number of fused-ring (bicyclic) bond motifs is 1. The van der Waals surface area contributed by atoms with Crippen molar-refractivity contribution >= 4 is 10.8 Å². The zero-order valence-corrected chi connectivity index (χ0v) is 11.2. The van der Waals surface area contributed by atoms with Gasteiger partial charge in [0.15, 0.2) is 0 Å². The lowest BCUT2D eigenvalue weighted by atomic mass is 10.0. The average Bonchev–Trinajstić information content (AvgIpc) is 2.85. The molecule has 0 radical (unpaired) electrons. The summed E-state index contributed by atoms with van der Waals surface area (Å²) in [5.41, 5.74) is 1.34. The van der Waals surface area contributed by atoms with Crippen LogP contribution in [0.4, 0.5) is 0 Å². The third-order valence-corrected chi connectivity index (χ3v) is 4.22. The van der Waals surface area contributed by atoms with E-state index in [0.29, 0.717) is 5.92 Å². The van der Waals surface area contributed by atoms with Crippen molar-refractivity contribution in [1.29, 1.82) is 0 Å². The Kier molecular flexibility index (Phi) is 3.81. The first-order chi connectivity index (χ1) is 9.34. The van der Waals surface area contributed by atoms with Gasteiger partial charge >= 0.3 is 0 Å². The molecule has 19 heavy (non-hydrogen) atoms. The van der Waals surface area contributed by atoms with Crippen molar-refractivity contribution in [3.8, 4) is 0 Å². The Hall–Kier alpha value is -1.38. The molecule has 0 spiro atoms. The van der Waals surface area contributed by atoms with Gasteiger partial charge < -0.3 is 10.4 Å². The Morgan fingerprint density at radius 3 is 2.74 bits per heavy atom. The van der Waals surface area contributed by atoms with Gasteiger partial charge in [-0.1, -0.05) is 48.9 Å². The van der Waals surface area contributed by atoms with Crippen LogP contribution in [0.2, 0.25) is 0 Å². The Morgan fingerprint density at radius 2 is 1.89 bits per heavy atom. The topological polar surface area (TPSA) is 32.3 Å². The van der Waals surface area contributed by atoms with Gasteiger partial charge in [0.25, 0.3) is 0 Å². The average molecular weight is 255 g/mol. The number of aliphatic hydroxyl groups is 1. The molecule has 100 valence electrons. The number of hydrogen-bond acceptors (Lipinski definition) is 2. The van der Waals surface area contributed by atoms with Gasteiger partial charge in [-0.25, -0.2) is 0 Å². The second-order valence-corrected chi connectivity index (χ2v) is 5.53. The summed E-state index contributed by atoms with van der Waals surface area (Å²) < 4.78 is 0. The van der Waals surface area contributed by atoms with E-state index in [4.69, 9.17) is 0 Å². The van der Waals surface area contributed by atoms with Gasteiger partial charge in [0, 0.05) is 13.1 Å². The molecule has 0 aromatic heterocycles. The zero-order valence-electron chi connectivity index (χ0n) is 11.2. The fraction of sp³-hybridized carbons (Fsp3) is 0.412. The van der Waals surface area contributed by atoms with Gasteiger partial charge in [0.05, 0.1) is 6.10 Å². The van der Waals surface area contributed by atoms with Crippen LogP contribution in [0.25, 0.3) is 10.8 Å². The molecule has 0 bridgehead atoms. The van der Waals surface area contributed by atoms with Gasteiger partial charge in [-0.05, 0) is 35.1 Å². The second-order valence-electron chi connectivity index (χ2n) is 5.53. The largest absolute Gasteiger partial charge is 0.393 e. The van der Waals surface area contributed by atoms with E-state index in [-0.39, 0.29) is 6.10 Å². The number of nitrogens with one attached hydrogen (secondary N) is 1. The monoisotopic (exact) mass is 255 g/mol. The lowest BCUT2D eigenvalue weighted by molar-refractivity contribution is 0.131. The van der Waals surface area contributed by atoms with Gasteiger partial charge in [0.1, 0.15) is 0 Å². The summed E-state index contributed by atoms with van der Waals surface area (Å²) in [6, 6.07) is 14.9. The predicted molar refractivity (Wildman–Crippen MR) is 79.0 cm³/mol. The highest BCUT2D eigenvalue weighted by molar-refractivity contribution is 5.85. The van der Waals surface area contributed by atoms with Crippen molar-refractivity contribution in [1.82, 2.24) is 5.32 Å². The van der Waals surface area contributed by atoms with Crippen molar-refractivity contribution < 1.29 is 5.11 Å². The number of benzene rings is 2. The Labute approximate surface area is 114 Å². The third-order valence-electron chi connectivity index (χ3n) is 4.22. The number of hydrogen-bond donors (Lipinski definition) is 2. The van der Waals surface area contributed by atoms with Gasteiger partial charge in [-0.15, -0.1) is 0 Å². The van der Waals surface area contributed by atoms with E-state index in [0.717, 1.165) is 25.9 Å². The van der Waals surface area contributed by atoms with E-state index in [1.54, 1.807) is 0 Å². The van der Waals surface area contributed by atoms with Crippen molar-refractivity contribution in [2.24, 2.45) is 5.92 Å². The molecule has 1 aliphatic rings. The highest BCUT2D eigenvalue weighted by atomic mass is 16.3. The molecule has 2 atom stereocenters. The molecular weight excluding hydrogens is 234 g/mol. The summed E-state index contributed by atoms with van der Waals surface area (Å²) in [7, 11) is 0. The number of aliphatic hydroxyl groups excluding tert-OH is 1. The second kappa shape index (κ2) is 5.72. The van der Waals surface area contributed by atoms with Crippen molar-refractivity contribution in [3.63, 3.8) is 0 Å². The lowest BCUT2D eigenvalue weighted by Gasteiger charge is -2.15. The summed E-state index contributed by atoms with van der Waals surface area (Å²) >= 11 is 0. The minimum Gasteiger partial charge on any atom is -0.393 e. The molecule has 2 unspecified atom stereocenters. The minimum atomic E-state index is -0.0972. The molecular formula is C17H21NO. The Bertz CT molecular complexity index is 546. The van der Waals surface area contributed by atoms with Gasteiger partial charge in [-0.3, -0.25) is 0 Å². The quantitative estimate of drug-likeness (QED) is 0.880. The molecule has 1 fully saturated rings. The summed E-state index contributed by atoms with van der Waals surface area (Å²) in [6.07, 6.45) is 3.20. The summed E-state index contributed by atoms with van der Waals surface area (Å²) in [6.45, 7) is 1.80. The predicted octanol–water partition coefficient (Wildman–Crippen LogP) is 3.09. The van der Waals surface area contributed by atoms with Crippen molar-refractivity contribution in [3.05, 3.63) is 48.0 Å². The standard InChI is InChI=1S/C17H21NO/c19-17-10-4-8-15(17)12-18-11-14-7-3-6-13-5-1-2-9-16(13)14/h1-3,5-7,9,15,17-19H,4,8,10-12H2. The van der Waals surface area contributed by atoms with Crippen molar-refractivity contribution in [2.75, 3.05) is 6.54 Å². The maximum absolute atomic E-state index is 9.82. The molecule has 0 heterocycles. The highest BCUT2D eigenvalue weighted by Crippen LogP contribution is 2.25. The molecule has 2 aromatic carbocycles. The summed E-state index contributed by atoms with van der Waals surface area (Å²) in [5.74, 6) is 0.440. The fourth-order valence-corrected chi connectivity index (χ4v) is 3.09. The SMILES string of the molecule is OC1CCCC1CNCc1cccc2ccccc12. The van der Waals surface area contributed by atoms with Crippen LogP contribution in [0.1, 0.15) is 24.8 Å². The van der Waals surface area contributed by atoms with E-state index < -0.39 is 0 Å². The first kappa shape index (κ1) is 12.6. The first-order valence-corrected chi connectivity index (χ1v) is 7.20. The molecule has 2 N–H and O–H groups in total. The highest BCUT2D eigenvalue weighted by Gasteiger charge is 2.24. The van der Waals surface area contributed by atoms with Crippen LogP contribution in [0.3, 0.4) is 0 Å². The fourth-order valence-electron chi connectivity index (χ4n) is 3.09. The van der Waals surface area contributed by atoms with Crippen LogP contribution in [0.15, 0.2) is 42.5 Å². The molecule has 0 saturated heterocycles. The van der Waals surface area contributed by atoms with Crippen LogP contribution >= 0.6 is 0 Å². The Balaban J connectivity index is 1.65. The zero-order chi connectivity index (χ0) is 13.1. The van der Waals surface area contributed by atoms with E-state index in [9.17, 15) is 5.11 Å². The van der Waals surface area contributed by atoms with Gasteiger partial charge in [0.2, 0.25) is 0 Å². The van der Waals surface area contributed by atoms with E-state index in [2.05, 4.69) is 47.8 Å². The summed E-state index contributed by atoms with van der Waals surface area (Å²) in [5, 5.41) is 15.9. The van der Waals surface area contributed by atoms with Gasteiger partial charge in [-0.2, -0.15) is 0 Å². The van der Waals surface area contributed by atoms with Crippen molar-refractivity contribution in [2.45, 2.75) is 31.9 Å². The number of rotatable bonds is 4. The Morgan fingerprint density at radius 1 is 1.05 bits per heavy atom. The maximum Gasteiger partial charge on any atom is 0.0580 e. The maximum atomic E-state index is 9.82. The van der Waals surface area contributed by atoms with E-state index in [1.807, 2.05) is 0 Å². The molecule has 3 rings (SSSR count). The van der Waals surface area contributed by atoms with Crippen LogP contribution < -0.4 is 5.32 Å². The normalized spacial score (nSPS) is 23.0. The lowest BCUT2D eigenvalue weighted by Crippen LogP contribution is -2.27. The smallest absolute Gasteiger partial charge is 0.0580 e. The first-order valence-electron chi connectivity index (χ1n) is 7.20. The molecule has 2 aromatic rings. The molecule has 0 amide bonds. The summed E-state index contributed by atoms with van der Waals surface area (Å²) in [4.78, 5) is 0.